The zero-order chi connectivity index (χ0) is 19.8. The fourth-order valence-corrected chi connectivity index (χ4v) is 5.38. The second-order valence-electron chi connectivity index (χ2n) is 6.97. The van der Waals surface area contributed by atoms with Gasteiger partial charge in [-0.15, -0.1) is 11.3 Å². The number of thiophene rings is 1. The zero-order valence-electron chi connectivity index (χ0n) is 15.7. The number of rotatable bonds is 4. The highest BCUT2D eigenvalue weighted by Gasteiger charge is 2.31. The van der Waals surface area contributed by atoms with Crippen molar-refractivity contribution in [2.45, 2.75) is 24.0 Å². The van der Waals surface area contributed by atoms with Gasteiger partial charge in [0.05, 0.1) is 17.2 Å². The largest absolute Gasteiger partial charge is 0.486 e. The molecular formula is C20H20N4O3S2. The lowest BCUT2D eigenvalue weighted by Crippen LogP contribution is -2.32. The lowest BCUT2D eigenvalue weighted by molar-refractivity contribution is -0.129. The van der Waals surface area contributed by atoms with Gasteiger partial charge in [0.25, 0.3) is 0 Å². The Kier molecular flexibility index (Phi) is 4.92. The van der Waals surface area contributed by atoms with E-state index in [-0.39, 0.29) is 17.7 Å². The summed E-state index contributed by atoms with van der Waals surface area (Å²) in [6.45, 7) is 1.88. The number of carbonyl (C=O) groups is 1. The first-order valence-corrected chi connectivity index (χ1v) is 11.4. The summed E-state index contributed by atoms with van der Waals surface area (Å²) in [5, 5.41) is 3.35. The smallest absolute Gasteiger partial charge is 0.233 e. The van der Waals surface area contributed by atoms with Crippen molar-refractivity contribution < 1.29 is 14.3 Å². The molecule has 1 aromatic carbocycles. The number of fused-ring (bicyclic) bond motifs is 2. The molecule has 0 spiro atoms. The summed E-state index contributed by atoms with van der Waals surface area (Å²) in [5.74, 6) is 2.36. The average Bonchev–Trinajstić information content (AvgIpc) is 3.41. The minimum atomic E-state index is 0.0599. The molecule has 0 aliphatic carbocycles. The highest BCUT2D eigenvalue weighted by atomic mass is 32.2. The molecule has 0 saturated carbocycles. The Balaban J connectivity index is 1.29. The maximum Gasteiger partial charge on any atom is 0.233 e. The maximum absolute atomic E-state index is 13.0. The van der Waals surface area contributed by atoms with Gasteiger partial charge in [0.1, 0.15) is 23.9 Å². The van der Waals surface area contributed by atoms with Crippen LogP contribution in [-0.4, -0.2) is 46.3 Å². The van der Waals surface area contributed by atoms with E-state index < -0.39 is 0 Å². The predicted molar refractivity (Wildman–Crippen MR) is 114 cm³/mol. The first-order chi connectivity index (χ1) is 14.2. The lowest BCUT2D eigenvalue weighted by atomic mass is 10.0. The molecule has 1 amide bonds. The third kappa shape index (κ3) is 3.60. The molecule has 0 bridgehead atoms. The van der Waals surface area contributed by atoms with Gasteiger partial charge in [-0.25, -0.2) is 9.97 Å². The summed E-state index contributed by atoms with van der Waals surface area (Å²) in [6, 6.07) is 7.95. The van der Waals surface area contributed by atoms with Gasteiger partial charge in [-0.05, 0) is 42.0 Å². The number of hydrogen-bond donors (Lipinski definition) is 1. The van der Waals surface area contributed by atoms with E-state index in [0.29, 0.717) is 24.2 Å². The molecule has 5 rings (SSSR count). The van der Waals surface area contributed by atoms with Crippen LogP contribution in [-0.2, 0) is 4.79 Å². The van der Waals surface area contributed by atoms with Crippen LogP contribution in [0.2, 0.25) is 0 Å². The summed E-state index contributed by atoms with van der Waals surface area (Å²) >= 11 is 2.86. The topological polar surface area (TPSA) is 90.6 Å². The third-order valence-corrected chi connectivity index (χ3v) is 6.82. The van der Waals surface area contributed by atoms with Crippen molar-refractivity contribution in [1.82, 2.24) is 14.9 Å². The maximum atomic E-state index is 13.0. The quantitative estimate of drug-likeness (QED) is 0.502. The fraction of sp³-hybridized carbons (Fsp3) is 0.350. The van der Waals surface area contributed by atoms with E-state index in [1.165, 1.54) is 23.1 Å². The molecule has 0 radical (unpaired) electrons. The van der Waals surface area contributed by atoms with Gasteiger partial charge in [0, 0.05) is 6.54 Å². The SMILES string of the molecule is Nc1nc(SCC(=O)N2CCC[C@H]2c2ccc3c(c2)OCCO3)nc2sccc12. The van der Waals surface area contributed by atoms with Gasteiger partial charge < -0.3 is 20.1 Å². The van der Waals surface area contributed by atoms with Crippen LogP contribution in [0.5, 0.6) is 11.5 Å². The number of hydrogen-bond acceptors (Lipinski definition) is 8. The summed E-state index contributed by atoms with van der Waals surface area (Å²) < 4.78 is 11.3. The Morgan fingerprint density at radius 2 is 2.10 bits per heavy atom. The van der Waals surface area contributed by atoms with Crippen molar-refractivity contribution in [1.29, 1.82) is 0 Å². The van der Waals surface area contributed by atoms with Gasteiger partial charge in [0.2, 0.25) is 5.91 Å². The Bertz CT molecular complexity index is 1070. The van der Waals surface area contributed by atoms with Crippen LogP contribution in [0, 0.1) is 0 Å². The Hall–Kier alpha value is -2.52. The van der Waals surface area contributed by atoms with Crippen molar-refractivity contribution in [2.24, 2.45) is 0 Å². The molecule has 3 aromatic rings. The van der Waals surface area contributed by atoms with E-state index in [2.05, 4.69) is 9.97 Å². The number of carbonyl (C=O) groups excluding carboxylic acids is 1. The monoisotopic (exact) mass is 428 g/mol. The van der Waals surface area contributed by atoms with Crippen LogP contribution < -0.4 is 15.2 Å². The van der Waals surface area contributed by atoms with Crippen molar-refractivity contribution in [3.05, 3.63) is 35.2 Å². The molecule has 7 nitrogen and oxygen atoms in total. The summed E-state index contributed by atoms with van der Waals surface area (Å²) in [5.41, 5.74) is 7.10. The molecule has 0 unspecified atom stereocenters. The highest BCUT2D eigenvalue weighted by molar-refractivity contribution is 7.99. The van der Waals surface area contributed by atoms with E-state index in [9.17, 15) is 4.79 Å². The molecule has 1 atom stereocenters. The Morgan fingerprint density at radius 3 is 3.00 bits per heavy atom. The van der Waals surface area contributed by atoms with Crippen LogP contribution in [0.25, 0.3) is 10.2 Å². The number of amides is 1. The molecule has 4 heterocycles. The number of nitrogen functional groups attached to an aromatic ring is 1. The second-order valence-corrected chi connectivity index (χ2v) is 8.80. The number of nitrogens with two attached hydrogens (primary N) is 1. The molecular weight excluding hydrogens is 408 g/mol. The first-order valence-electron chi connectivity index (χ1n) is 9.51. The predicted octanol–water partition coefficient (Wildman–Crippen LogP) is 3.50. The van der Waals surface area contributed by atoms with E-state index in [4.69, 9.17) is 15.2 Å². The number of thioether (sulfide) groups is 1. The van der Waals surface area contributed by atoms with Crippen molar-refractivity contribution in [3.63, 3.8) is 0 Å². The number of aromatic nitrogens is 2. The Morgan fingerprint density at radius 1 is 1.24 bits per heavy atom. The standard InChI is InChI=1S/C20H20N4O3S2/c21-18-13-5-9-28-19(13)23-20(22-18)29-11-17(25)24-6-1-2-14(24)12-3-4-15-16(10-12)27-8-7-26-15/h3-5,9-10,14H,1-2,6-8,11H2,(H2,21,22,23)/t14-/m0/s1. The molecule has 1 fully saturated rings. The van der Waals surface area contributed by atoms with Crippen LogP contribution in [0.4, 0.5) is 5.82 Å². The van der Waals surface area contributed by atoms with Crippen LogP contribution in [0.1, 0.15) is 24.4 Å². The van der Waals surface area contributed by atoms with Crippen LogP contribution >= 0.6 is 23.1 Å². The van der Waals surface area contributed by atoms with Gasteiger partial charge >= 0.3 is 0 Å². The number of nitrogens with zero attached hydrogens (tertiary/aromatic N) is 3. The van der Waals surface area contributed by atoms with Gasteiger partial charge in [0.15, 0.2) is 16.7 Å². The number of benzene rings is 1. The highest BCUT2D eigenvalue weighted by Crippen LogP contribution is 2.38. The zero-order valence-corrected chi connectivity index (χ0v) is 17.3. The summed E-state index contributed by atoms with van der Waals surface area (Å²) in [4.78, 5) is 24.6. The van der Waals surface area contributed by atoms with Crippen molar-refractivity contribution in [2.75, 3.05) is 31.2 Å². The summed E-state index contributed by atoms with van der Waals surface area (Å²) in [6.07, 6.45) is 1.93. The summed E-state index contributed by atoms with van der Waals surface area (Å²) in [7, 11) is 0. The number of anilines is 1. The number of ether oxygens (including phenoxy) is 2. The van der Waals surface area contributed by atoms with E-state index in [0.717, 1.165) is 46.7 Å². The molecule has 150 valence electrons. The van der Waals surface area contributed by atoms with E-state index in [1.54, 1.807) is 0 Å². The minimum absolute atomic E-state index is 0.0599. The molecule has 2 aliphatic heterocycles. The van der Waals surface area contributed by atoms with Crippen molar-refractivity contribution in [3.8, 4) is 11.5 Å². The second kappa shape index (κ2) is 7.72. The van der Waals surface area contributed by atoms with Crippen LogP contribution in [0.3, 0.4) is 0 Å². The normalized spacial score (nSPS) is 18.3. The Labute approximate surface area is 176 Å². The lowest BCUT2D eigenvalue weighted by Gasteiger charge is -2.26. The molecule has 9 heteroatoms. The number of likely N-dealkylation sites (tertiary alicyclic amines) is 1. The van der Waals surface area contributed by atoms with E-state index >= 15 is 0 Å². The van der Waals surface area contributed by atoms with Crippen LogP contribution in [0.15, 0.2) is 34.8 Å². The van der Waals surface area contributed by atoms with Gasteiger partial charge in [-0.2, -0.15) is 0 Å². The van der Waals surface area contributed by atoms with Crippen molar-refractivity contribution >= 4 is 45.0 Å². The first kappa shape index (κ1) is 18.5. The molecule has 2 aromatic heterocycles. The molecule has 29 heavy (non-hydrogen) atoms. The molecule has 2 N–H and O–H groups in total. The van der Waals surface area contributed by atoms with E-state index in [1.807, 2.05) is 34.5 Å². The van der Waals surface area contributed by atoms with Gasteiger partial charge in [-0.1, -0.05) is 17.8 Å². The van der Waals surface area contributed by atoms with Gasteiger partial charge in [-0.3, -0.25) is 4.79 Å². The fourth-order valence-electron chi connectivity index (χ4n) is 3.81. The molecule has 2 aliphatic rings. The third-order valence-electron chi connectivity index (χ3n) is 5.18. The minimum Gasteiger partial charge on any atom is -0.486 e. The molecule has 1 saturated heterocycles. The average molecular weight is 429 g/mol.